The van der Waals surface area contributed by atoms with Gasteiger partial charge in [0.25, 0.3) is 0 Å². The molecule has 0 saturated heterocycles. The first-order valence-electron chi connectivity index (χ1n) is 7.02. The summed E-state index contributed by atoms with van der Waals surface area (Å²) in [5.74, 6) is -0.227. The highest BCUT2D eigenvalue weighted by atomic mass is 32.2. The molecule has 7 heteroatoms. The van der Waals surface area contributed by atoms with Gasteiger partial charge in [-0.25, -0.2) is 13.6 Å². The van der Waals surface area contributed by atoms with E-state index in [1.807, 2.05) is 31.2 Å². The number of carbonyl (C=O) groups is 1. The fourth-order valence-corrected chi connectivity index (χ4v) is 2.54. The Labute approximate surface area is 135 Å². The molecule has 0 aliphatic heterocycles. The molecule has 23 heavy (non-hydrogen) atoms. The lowest BCUT2D eigenvalue weighted by Gasteiger charge is -2.15. The molecule has 0 aromatic heterocycles. The Morgan fingerprint density at radius 2 is 1.74 bits per heavy atom. The third kappa shape index (κ3) is 4.80. The van der Waals surface area contributed by atoms with Crippen molar-refractivity contribution in [1.29, 1.82) is 0 Å². The summed E-state index contributed by atoms with van der Waals surface area (Å²) in [5, 5.41) is 10.9. The molecule has 0 aliphatic rings. The second kappa shape index (κ2) is 6.80. The first kappa shape index (κ1) is 17.0. The number of rotatable bonds is 5. The maximum absolute atomic E-state index is 12.2. The van der Waals surface area contributed by atoms with E-state index in [0.29, 0.717) is 5.69 Å². The molecule has 4 N–H and O–H groups in total. The summed E-state index contributed by atoms with van der Waals surface area (Å²) >= 11 is 0. The number of carbonyl (C=O) groups excluding carboxylic acids is 1. The summed E-state index contributed by atoms with van der Waals surface area (Å²) in [5.41, 5.74) is 2.46. The molecule has 0 fully saturated rings. The van der Waals surface area contributed by atoms with Crippen molar-refractivity contribution < 1.29 is 13.2 Å². The maximum Gasteiger partial charge on any atom is 0.246 e. The molecular weight excluding hydrogens is 314 g/mol. The van der Waals surface area contributed by atoms with Gasteiger partial charge < -0.3 is 10.6 Å². The van der Waals surface area contributed by atoms with Crippen LogP contribution in [0.4, 0.5) is 11.4 Å². The number of aryl methyl sites for hydroxylation is 1. The van der Waals surface area contributed by atoms with Crippen LogP contribution in [0, 0.1) is 6.92 Å². The number of sulfonamides is 1. The van der Waals surface area contributed by atoms with Crippen LogP contribution >= 0.6 is 0 Å². The highest BCUT2D eigenvalue weighted by Gasteiger charge is 2.13. The fraction of sp³-hybridized carbons (Fsp3) is 0.188. The molecule has 0 bridgehead atoms. The zero-order chi connectivity index (χ0) is 17.0. The topological polar surface area (TPSA) is 101 Å². The van der Waals surface area contributed by atoms with Crippen LogP contribution in [0.5, 0.6) is 0 Å². The first-order valence-corrected chi connectivity index (χ1v) is 8.57. The molecule has 0 radical (unpaired) electrons. The van der Waals surface area contributed by atoms with Gasteiger partial charge in [0, 0.05) is 11.4 Å². The van der Waals surface area contributed by atoms with Gasteiger partial charge in [-0.15, -0.1) is 0 Å². The van der Waals surface area contributed by atoms with E-state index in [-0.39, 0.29) is 10.8 Å². The van der Waals surface area contributed by atoms with E-state index in [9.17, 15) is 13.2 Å². The van der Waals surface area contributed by atoms with Crippen molar-refractivity contribution in [3.8, 4) is 0 Å². The number of hydrogen-bond donors (Lipinski definition) is 3. The molecule has 6 nitrogen and oxygen atoms in total. The van der Waals surface area contributed by atoms with Gasteiger partial charge in [0.15, 0.2) is 0 Å². The lowest BCUT2D eigenvalue weighted by Crippen LogP contribution is -2.31. The van der Waals surface area contributed by atoms with Crippen LogP contribution in [0.15, 0.2) is 53.4 Å². The smallest absolute Gasteiger partial charge is 0.246 e. The first-order chi connectivity index (χ1) is 10.8. The Morgan fingerprint density at radius 1 is 1.09 bits per heavy atom. The average Bonchev–Trinajstić information content (AvgIpc) is 2.46. The Balaban J connectivity index is 2.01. The van der Waals surface area contributed by atoms with E-state index < -0.39 is 16.1 Å². The maximum atomic E-state index is 12.2. The van der Waals surface area contributed by atoms with Crippen LogP contribution in [-0.4, -0.2) is 20.4 Å². The van der Waals surface area contributed by atoms with Crippen molar-refractivity contribution in [2.45, 2.75) is 24.8 Å². The molecule has 2 aromatic rings. The quantitative estimate of drug-likeness (QED) is 0.779. The lowest BCUT2D eigenvalue weighted by molar-refractivity contribution is -0.116. The molecule has 122 valence electrons. The molecule has 0 heterocycles. The Hall–Kier alpha value is -2.38. The molecule has 2 aromatic carbocycles. The molecular formula is C16H19N3O3S. The summed E-state index contributed by atoms with van der Waals surface area (Å²) in [7, 11) is -3.73. The molecule has 0 spiro atoms. The van der Waals surface area contributed by atoms with Gasteiger partial charge in [0.2, 0.25) is 15.9 Å². The molecule has 1 unspecified atom stereocenters. The van der Waals surface area contributed by atoms with Gasteiger partial charge in [0.05, 0.1) is 4.90 Å². The molecule has 0 aliphatic carbocycles. The van der Waals surface area contributed by atoms with Crippen LogP contribution in [0.2, 0.25) is 0 Å². The SMILES string of the molecule is Cc1cccc(NC(C)C(=O)Nc2ccc(S(N)(=O)=O)cc2)c1. The van der Waals surface area contributed by atoms with Crippen LogP contribution in [-0.2, 0) is 14.8 Å². The largest absolute Gasteiger partial charge is 0.374 e. The Morgan fingerprint density at radius 3 is 2.30 bits per heavy atom. The van der Waals surface area contributed by atoms with Gasteiger partial charge in [-0.2, -0.15) is 0 Å². The van der Waals surface area contributed by atoms with Crippen molar-refractivity contribution in [1.82, 2.24) is 0 Å². The summed E-state index contributed by atoms with van der Waals surface area (Å²) in [4.78, 5) is 12.2. The second-order valence-electron chi connectivity index (χ2n) is 5.29. The number of amides is 1. The zero-order valence-corrected chi connectivity index (χ0v) is 13.7. The average molecular weight is 333 g/mol. The van der Waals surface area contributed by atoms with Crippen molar-refractivity contribution in [3.63, 3.8) is 0 Å². The molecule has 0 saturated carbocycles. The number of anilines is 2. The highest BCUT2D eigenvalue weighted by molar-refractivity contribution is 7.89. The van der Waals surface area contributed by atoms with Crippen molar-refractivity contribution >= 4 is 27.3 Å². The number of primary sulfonamides is 1. The number of nitrogens with one attached hydrogen (secondary N) is 2. The van der Waals surface area contributed by atoms with E-state index in [1.54, 1.807) is 6.92 Å². The van der Waals surface area contributed by atoms with Crippen LogP contribution in [0.1, 0.15) is 12.5 Å². The van der Waals surface area contributed by atoms with Crippen molar-refractivity contribution in [2.24, 2.45) is 5.14 Å². The highest BCUT2D eigenvalue weighted by Crippen LogP contribution is 2.14. The van der Waals surface area contributed by atoms with E-state index in [2.05, 4.69) is 10.6 Å². The van der Waals surface area contributed by atoms with Crippen LogP contribution in [0.3, 0.4) is 0 Å². The Bertz CT molecular complexity index is 802. The summed E-state index contributed by atoms with van der Waals surface area (Å²) in [6.07, 6.45) is 0. The minimum Gasteiger partial charge on any atom is -0.374 e. The van der Waals surface area contributed by atoms with Gasteiger partial charge in [-0.05, 0) is 55.8 Å². The van der Waals surface area contributed by atoms with Gasteiger partial charge in [0.1, 0.15) is 6.04 Å². The Kier molecular flexibility index (Phi) is 5.02. The minimum absolute atomic E-state index is 0.00133. The van der Waals surface area contributed by atoms with Gasteiger partial charge in [-0.1, -0.05) is 12.1 Å². The monoisotopic (exact) mass is 333 g/mol. The third-order valence-corrected chi connectivity index (χ3v) is 4.17. The van der Waals surface area contributed by atoms with Gasteiger partial charge in [-0.3, -0.25) is 4.79 Å². The number of hydrogen-bond acceptors (Lipinski definition) is 4. The van der Waals surface area contributed by atoms with Crippen LogP contribution in [0.25, 0.3) is 0 Å². The van der Waals surface area contributed by atoms with Crippen molar-refractivity contribution in [2.75, 3.05) is 10.6 Å². The van der Waals surface area contributed by atoms with Crippen molar-refractivity contribution in [3.05, 3.63) is 54.1 Å². The number of benzene rings is 2. The second-order valence-corrected chi connectivity index (χ2v) is 6.86. The fourth-order valence-electron chi connectivity index (χ4n) is 2.03. The molecule has 1 atom stereocenters. The predicted octanol–water partition coefficient (Wildman–Crippen LogP) is 2.08. The van der Waals surface area contributed by atoms with Crippen LogP contribution < -0.4 is 15.8 Å². The standard InChI is InChI=1S/C16H19N3O3S/c1-11-4-3-5-14(10-11)18-12(2)16(20)19-13-6-8-15(9-7-13)23(17,21)22/h3-10,12,18H,1-2H3,(H,19,20)(H2,17,21,22). The van der Waals surface area contributed by atoms with E-state index in [1.165, 1.54) is 24.3 Å². The third-order valence-electron chi connectivity index (χ3n) is 3.24. The lowest BCUT2D eigenvalue weighted by atomic mass is 10.2. The van der Waals surface area contributed by atoms with E-state index >= 15 is 0 Å². The minimum atomic E-state index is -3.73. The molecule has 1 amide bonds. The summed E-state index contributed by atoms with van der Waals surface area (Å²) in [6, 6.07) is 13.0. The van der Waals surface area contributed by atoms with Gasteiger partial charge >= 0.3 is 0 Å². The molecule has 2 rings (SSSR count). The van der Waals surface area contributed by atoms with E-state index in [4.69, 9.17) is 5.14 Å². The van der Waals surface area contributed by atoms with E-state index in [0.717, 1.165) is 11.3 Å². The predicted molar refractivity (Wildman–Crippen MR) is 90.7 cm³/mol. The number of nitrogens with two attached hydrogens (primary N) is 1. The summed E-state index contributed by atoms with van der Waals surface area (Å²) < 4.78 is 22.4. The zero-order valence-electron chi connectivity index (χ0n) is 12.9. The normalized spacial score (nSPS) is 12.5. The summed E-state index contributed by atoms with van der Waals surface area (Å²) in [6.45, 7) is 3.72.